The number of likely N-dealkylation sites (N-methyl/N-ethyl adjacent to an activating group) is 1. The quantitative estimate of drug-likeness (QED) is 0.707. The highest BCUT2D eigenvalue weighted by molar-refractivity contribution is 6.30. The van der Waals surface area contributed by atoms with Gasteiger partial charge >= 0.3 is 0 Å². The van der Waals surface area contributed by atoms with Gasteiger partial charge in [0.25, 0.3) is 0 Å². The molecule has 3 rings (SSSR count). The summed E-state index contributed by atoms with van der Waals surface area (Å²) in [5.74, 6) is 1.01. The SMILES string of the molecule is CC.CCN1Cc2c(C)cccc2OC(c2ccc(Cl)cc2)C1. The fourth-order valence-electron chi connectivity index (χ4n) is 2.79. The molecule has 3 heteroatoms. The van der Waals surface area contributed by atoms with Gasteiger partial charge in [-0.15, -0.1) is 0 Å². The number of hydrogen-bond acceptors (Lipinski definition) is 2. The van der Waals surface area contributed by atoms with Crippen molar-refractivity contribution in [2.45, 2.75) is 40.3 Å². The Morgan fingerprint density at radius 1 is 1.13 bits per heavy atom. The molecule has 124 valence electrons. The van der Waals surface area contributed by atoms with Crippen LogP contribution in [0.3, 0.4) is 0 Å². The zero-order valence-electron chi connectivity index (χ0n) is 14.5. The van der Waals surface area contributed by atoms with E-state index in [1.165, 1.54) is 16.7 Å². The van der Waals surface area contributed by atoms with Crippen LogP contribution >= 0.6 is 11.6 Å². The Labute approximate surface area is 145 Å². The van der Waals surface area contributed by atoms with Crippen molar-refractivity contribution >= 4 is 11.6 Å². The standard InChI is InChI=1S/C18H20ClNO.C2H6/c1-3-20-11-16-13(2)5-4-6-17(16)21-18(12-20)14-7-9-15(19)10-8-14;1-2/h4-10,18H,3,11-12H2,1-2H3;1-2H3. The first kappa shape index (κ1) is 17.8. The molecule has 0 radical (unpaired) electrons. The lowest BCUT2D eigenvalue weighted by Gasteiger charge is -2.22. The maximum atomic E-state index is 6.31. The Hall–Kier alpha value is -1.51. The topological polar surface area (TPSA) is 12.5 Å². The molecule has 0 bridgehead atoms. The Morgan fingerprint density at radius 3 is 2.48 bits per heavy atom. The van der Waals surface area contributed by atoms with Crippen LogP contribution in [0.25, 0.3) is 0 Å². The van der Waals surface area contributed by atoms with Crippen LogP contribution < -0.4 is 4.74 Å². The van der Waals surface area contributed by atoms with E-state index in [9.17, 15) is 0 Å². The fraction of sp³-hybridized carbons (Fsp3) is 0.400. The predicted molar refractivity (Wildman–Crippen MR) is 98.3 cm³/mol. The average molecular weight is 332 g/mol. The van der Waals surface area contributed by atoms with Gasteiger partial charge in [0.15, 0.2) is 0 Å². The van der Waals surface area contributed by atoms with Crippen molar-refractivity contribution in [3.63, 3.8) is 0 Å². The van der Waals surface area contributed by atoms with E-state index in [2.05, 4.69) is 49.1 Å². The second-order valence-corrected chi connectivity index (χ2v) is 5.97. The van der Waals surface area contributed by atoms with E-state index in [4.69, 9.17) is 16.3 Å². The lowest BCUT2D eigenvalue weighted by atomic mass is 10.1. The summed E-state index contributed by atoms with van der Waals surface area (Å²) in [4.78, 5) is 2.43. The largest absolute Gasteiger partial charge is 0.484 e. The van der Waals surface area contributed by atoms with Crippen LogP contribution in [0, 0.1) is 6.92 Å². The number of fused-ring (bicyclic) bond motifs is 1. The van der Waals surface area contributed by atoms with Crippen LogP contribution in [0.15, 0.2) is 42.5 Å². The number of nitrogens with zero attached hydrogens (tertiary/aromatic N) is 1. The van der Waals surface area contributed by atoms with Crippen LogP contribution in [0.5, 0.6) is 5.75 Å². The summed E-state index contributed by atoms with van der Waals surface area (Å²) in [7, 11) is 0. The van der Waals surface area contributed by atoms with Crippen molar-refractivity contribution in [2.75, 3.05) is 13.1 Å². The molecule has 2 nitrogen and oxygen atoms in total. The molecule has 2 aromatic rings. The molecule has 0 aliphatic carbocycles. The molecule has 1 aliphatic heterocycles. The molecule has 0 amide bonds. The van der Waals surface area contributed by atoms with Gasteiger partial charge in [-0.1, -0.05) is 56.6 Å². The Bertz CT molecular complexity index is 624. The lowest BCUT2D eigenvalue weighted by Crippen LogP contribution is -2.27. The number of rotatable bonds is 2. The summed E-state index contributed by atoms with van der Waals surface area (Å²) in [6.07, 6.45) is 0.0465. The number of hydrogen-bond donors (Lipinski definition) is 0. The van der Waals surface area contributed by atoms with E-state index < -0.39 is 0 Å². The highest BCUT2D eigenvalue weighted by atomic mass is 35.5. The summed E-state index contributed by atoms with van der Waals surface area (Å²) in [6.45, 7) is 11.2. The Kier molecular flexibility index (Phi) is 6.49. The summed E-state index contributed by atoms with van der Waals surface area (Å²) in [5.41, 5.74) is 3.77. The number of halogens is 1. The lowest BCUT2D eigenvalue weighted by molar-refractivity contribution is 0.152. The van der Waals surface area contributed by atoms with Crippen LogP contribution in [0.4, 0.5) is 0 Å². The van der Waals surface area contributed by atoms with Gasteiger partial charge in [0.1, 0.15) is 11.9 Å². The molecule has 0 saturated carbocycles. The van der Waals surface area contributed by atoms with E-state index in [1.54, 1.807) is 0 Å². The smallest absolute Gasteiger partial charge is 0.136 e. The van der Waals surface area contributed by atoms with Crippen molar-refractivity contribution in [2.24, 2.45) is 0 Å². The molecular weight excluding hydrogens is 306 g/mol. The monoisotopic (exact) mass is 331 g/mol. The second-order valence-electron chi connectivity index (χ2n) is 5.54. The summed E-state index contributed by atoms with van der Waals surface area (Å²) in [6, 6.07) is 14.3. The summed E-state index contributed by atoms with van der Waals surface area (Å²) >= 11 is 5.99. The van der Waals surface area contributed by atoms with Gasteiger partial charge in [-0.3, -0.25) is 4.90 Å². The van der Waals surface area contributed by atoms with Gasteiger partial charge in [0.05, 0.1) is 0 Å². The maximum absolute atomic E-state index is 6.31. The molecule has 2 aromatic carbocycles. The van der Waals surface area contributed by atoms with Crippen molar-refractivity contribution in [3.8, 4) is 5.75 Å². The van der Waals surface area contributed by atoms with Crippen molar-refractivity contribution in [3.05, 3.63) is 64.2 Å². The fourth-order valence-corrected chi connectivity index (χ4v) is 2.92. The van der Waals surface area contributed by atoms with Gasteiger partial charge in [0.2, 0.25) is 0 Å². The second kappa shape index (κ2) is 8.37. The molecule has 1 heterocycles. The van der Waals surface area contributed by atoms with Crippen molar-refractivity contribution < 1.29 is 4.74 Å². The van der Waals surface area contributed by atoms with E-state index in [1.807, 2.05) is 26.0 Å². The molecule has 1 aliphatic rings. The van der Waals surface area contributed by atoms with Gasteiger partial charge in [-0.25, -0.2) is 0 Å². The predicted octanol–water partition coefficient (Wildman–Crippen LogP) is 5.63. The summed E-state index contributed by atoms with van der Waals surface area (Å²) in [5, 5.41) is 0.760. The minimum atomic E-state index is 0.0465. The third kappa shape index (κ3) is 4.27. The van der Waals surface area contributed by atoms with Crippen LogP contribution in [0.2, 0.25) is 5.02 Å². The van der Waals surface area contributed by atoms with E-state index in [0.29, 0.717) is 0 Å². The minimum Gasteiger partial charge on any atom is -0.484 e. The van der Waals surface area contributed by atoms with Gasteiger partial charge in [-0.05, 0) is 42.8 Å². The van der Waals surface area contributed by atoms with Gasteiger partial charge in [0, 0.05) is 23.7 Å². The number of benzene rings is 2. The first-order valence-electron chi connectivity index (χ1n) is 8.40. The third-order valence-electron chi connectivity index (χ3n) is 4.13. The average Bonchev–Trinajstić information content (AvgIpc) is 2.78. The zero-order valence-corrected chi connectivity index (χ0v) is 15.2. The Morgan fingerprint density at radius 2 is 1.83 bits per heavy atom. The van der Waals surface area contributed by atoms with E-state index in [-0.39, 0.29) is 6.10 Å². The number of ether oxygens (including phenoxy) is 1. The van der Waals surface area contributed by atoms with Crippen LogP contribution in [-0.4, -0.2) is 18.0 Å². The minimum absolute atomic E-state index is 0.0465. The molecular formula is C20H26ClNO. The molecule has 1 atom stereocenters. The van der Waals surface area contributed by atoms with Crippen molar-refractivity contribution in [1.82, 2.24) is 4.90 Å². The van der Waals surface area contributed by atoms with Crippen LogP contribution in [0.1, 0.15) is 43.6 Å². The van der Waals surface area contributed by atoms with Crippen molar-refractivity contribution in [1.29, 1.82) is 0 Å². The highest BCUT2D eigenvalue weighted by Gasteiger charge is 2.24. The Balaban J connectivity index is 0.000000924. The molecule has 0 aromatic heterocycles. The van der Waals surface area contributed by atoms with Gasteiger partial charge < -0.3 is 4.74 Å². The maximum Gasteiger partial charge on any atom is 0.136 e. The summed E-state index contributed by atoms with van der Waals surface area (Å²) < 4.78 is 6.31. The zero-order chi connectivity index (χ0) is 16.8. The first-order chi connectivity index (χ1) is 11.2. The third-order valence-corrected chi connectivity index (χ3v) is 4.38. The molecule has 0 saturated heterocycles. The molecule has 0 fully saturated rings. The van der Waals surface area contributed by atoms with E-state index >= 15 is 0 Å². The number of aryl methyl sites for hydroxylation is 1. The molecule has 0 N–H and O–H groups in total. The van der Waals surface area contributed by atoms with Gasteiger partial charge in [-0.2, -0.15) is 0 Å². The van der Waals surface area contributed by atoms with E-state index in [0.717, 1.165) is 30.4 Å². The first-order valence-corrected chi connectivity index (χ1v) is 8.78. The molecule has 23 heavy (non-hydrogen) atoms. The van der Waals surface area contributed by atoms with Crippen LogP contribution in [-0.2, 0) is 6.54 Å². The normalized spacial score (nSPS) is 17.3. The molecule has 1 unspecified atom stereocenters. The highest BCUT2D eigenvalue weighted by Crippen LogP contribution is 2.33. The molecule has 0 spiro atoms.